The van der Waals surface area contributed by atoms with Crippen LogP contribution in [0, 0.1) is 0 Å². The van der Waals surface area contributed by atoms with E-state index < -0.39 is 9.84 Å². The van der Waals surface area contributed by atoms with E-state index in [-0.39, 0.29) is 10.8 Å². The second-order valence-electron chi connectivity index (χ2n) is 3.64. The summed E-state index contributed by atoms with van der Waals surface area (Å²) < 4.78 is 23.6. The number of pyridine rings is 1. The first kappa shape index (κ1) is 10.4. The van der Waals surface area contributed by atoms with E-state index in [1.54, 1.807) is 13.1 Å². The molecule has 1 heterocycles. The van der Waals surface area contributed by atoms with E-state index in [1.165, 1.54) is 0 Å². The number of allylic oxidation sites excluding steroid dienone is 2. The first-order chi connectivity index (χ1) is 7.06. The summed E-state index contributed by atoms with van der Waals surface area (Å²) in [5, 5.41) is 0.260. The summed E-state index contributed by atoms with van der Waals surface area (Å²) >= 11 is 0. The van der Waals surface area contributed by atoms with Crippen LogP contribution in [0.1, 0.15) is 25.0 Å². The van der Waals surface area contributed by atoms with Crippen molar-refractivity contribution in [1.82, 2.24) is 4.98 Å². The van der Waals surface area contributed by atoms with E-state index in [2.05, 4.69) is 4.98 Å². The molecule has 0 fully saturated rings. The molecule has 1 aromatic heterocycles. The summed E-state index contributed by atoms with van der Waals surface area (Å²) in [4.78, 5) is 4.01. The topological polar surface area (TPSA) is 47.0 Å². The number of nitrogens with zero attached hydrogens (tertiary/aromatic N) is 1. The molecule has 0 N–H and O–H groups in total. The lowest BCUT2D eigenvalue weighted by molar-refractivity contribution is 0.592. The van der Waals surface area contributed by atoms with Gasteiger partial charge < -0.3 is 0 Å². The highest BCUT2D eigenvalue weighted by molar-refractivity contribution is 7.91. The molecule has 0 unspecified atom stereocenters. The molecule has 15 heavy (non-hydrogen) atoms. The van der Waals surface area contributed by atoms with E-state index in [9.17, 15) is 8.42 Å². The monoisotopic (exact) mass is 223 g/mol. The number of fused-ring (bicyclic) bond motifs is 1. The summed E-state index contributed by atoms with van der Waals surface area (Å²) in [5.41, 5.74) is 3.02. The van der Waals surface area contributed by atoms with Gasteiger partial charge in [-0.25, -0.2) is 13.4 Å². The lowest BCUT2D eigenvalue weighted by atomic mass is 10.1. The fourth-order valence-corrected chi connectivity index (χ4v) is 2.87. The molecule has 0 radical (unpaired) electrons. The van der Waals surface area contributed by atoms with Gasteiger partial charge in [-0.1, -0.05) is 13.0 Å². The predicted molar refractivity (Wildman–Crippen MR) is 59.3 cm³/mol. The van der Waals surface area contributed by atoms with Gasteiger partial charge in [0, 0.05) is 11.8 Å². The minimum absolute atomic E-state index is 0.107. The third kappa shape index (κ3) is 1.59. The lowest BCUT2D eigenvalue weighted by Gasteiger charge is -2.07. The zero-order valence-corrected chi connectivity index (χ0v) is 9.63. The van der Waals surface area contributed by atoms with Crippen LogP contribution in [-0.4, -0.2) is 19.2 Å². The summed E-state index contributed by atoms with van der Waals surface area (Å²) in [6, 6.07) is 1.88. The Labute approximate surface area is 89.8 Å². The molecule has 3 nitrogen and oxygen atoms in total. The molecule has 0 atom stereocenters. The third-order valence-electron chi connectivity index (χ3n) is 2.73. The van der Waals surface area contributed by atoms with Gasteiger partial charge in [0.1, 0.15) is 0 Å². The van der Waals surface area contributed by atoms with Crippen molar-refractivity contribution in [2.75, 3.05) is 5.75 Å². The van der Waals surface area contributed by atoms with Crippen LogP contribution in [0.25, 0.3) is 5.57 Å². The first-order valence-corrected chi connectivity index (χ1v) is 6.59. The summed E-state index contributed by atoms with van der Waals surface area (Å²) in [6.07, 6.45) is 4.30. The normalized spacial score (nSPS) is 14.9. The second kappa shape index (κ2) is 3.45. The highest BCUT2D eigenvalue weighted by Crippen LogP contribution is 2.30. The van der Waals surface area contributed by atoms with Crippen LogP contribution in [0.3, 0.4) is 0 Å². The molecule has 0 aromatic carbocycles. The molecule has 0 bridgehead atoms. The first-order valence-electron chi connectivity index (χ1n) is 4.94. The average molecular weight is 223 g/mol. The van der Waals surface area contributed by atoms with Crippen molar-refractivity contribution in [2.45, 2.75) is 25.3 Å². The average Bonchev–Trinajstić information content (AvgIpc) is 2.60. The Balaban J connectivity index is 2.65. The molecule has 1 aromatic rings. The van der Waals surface area contributed by atoms with Crippen LogP contribution in [0.4, 0.5) is 0 Å². The van der Waals surface area contributed by atoms with E-state index >= 15 is 0 Å². The van der Waals surface area contributed by atoms with Gasteiger partial charge in [0.15, 0.2) is 14.9 Å². The predicted octanol–water partition coefficient (Wildman–Crippen LogP) is 1.83. The van der Waals surface area contributed by atoms with E-state index in [0.29, 0.717) is 6.42 Å². The van der Waals surface area contributed by atoms with Gasteiger partial charge in [-0.3, -0.25) is 0 Å². The highest BCUT2D eigenvalue weighted by atomic mass is 32.2. The van der Waals surface area contributed by atoms with E-state index in [0.717, 1.165) is 16.7 Å². The van der Waals surface area contributed by atoms with Crippen LogP contribution in [0.15, 0.2) is 23.4 Å². The Hall–Kier alpha value is -1.16. The van der Waals surface area contributed by atoms with Gasteiger partial charge in [-0.2, -0.15) is 0 Å². The summed E-state index contributed by atoms with van der Waals surface area (Å²) in [6.45, 7) is 3.64. The molecule has 80 valence electrons. The van der Waals surface area contributed by atoms with Crippen molar-refractivity contribution in [1.29, 1.82) is 0 Å². The fourth-order valence-electron chi connectivity index (χ4n) is 1.81. The molecule has 1 aliphatic rings. The Kier molecular flexibility index (Phi) is 2.38. The minimum Gasteiger partial charge on any atom is -0.244 e. The van der Waals surface area contributed by atoms with Crippen molar-refractivity contribution in [3.8, 4) is 0 Å². The van der Waals surface area contributed by atoms with Crippen LogP contribution in [-0.2, 0) is 16.3 Å². The Morgan fingerprint density at radius 3 is 2.87 bits per heavy atom. The maximum absolute atomic E-state index is 11.8. The molecule has 0 saturated heterocycles. The smallest absolute Gasteiger partial charge is 0.195 e. The quantitative estimate of drug-likeness (QED) is 0.768. The Bertz CT molecular complexity index is 530. The maximum Gasteiger partial charge on any atom is 0.195 e. The number of hydrogen-bond donors (Lipinski definition) is 0. The minimum atomic E-state index is -3.19. The van der Waals surface area contributed by atoms with Crippen LogP contribution < -0.4 is 0 Å². The highest BCUT2D eigenvalue weighted by Gasteiger charge is 2.23. The lowest BCUT2D eigenvalue weighted by Crippen LogP contribution is -2.09. The largest absolute Gasteiger partial charge is 0.244 e. The zero-order chi connectivity index (χ0) is 11.1. The summed E-state index contributed by atoms with van der Waals surface area (Å²) in [7, 11) is -3.19. The van der Waals surface area contributed by atoms with Gasteiger partial charge in [-0.05, 0) is 30.5 Å². The van der Waals surface area contributed by atoms with Gasteiger partial charge >= 0.3 is 0 Å². The molecule has 0 spiro atoms. The standard InChI is InChI=1S/C11H13NO2S/c1-3-15(13,14)11-10-5-4-8(2)9(10)6-7-12-11/h4,6-7H,3,5H2,1-2H3. The van der Waals surface area contributed by atoms with Gasteiger partial charge in [-0.15, -0.1) is 0 Å². The van der Waals surface area contributed by atoms with Crippen molar-refractivity contribution < 1.29 is 8.42 Å². The Morgan fingerprint density at radius 2 is 2.20 bits per heavy atom. The molecular weight excluding hydrogens is 210 g/mol. The SMILES string of the molecule is CCS(=O)(=O)c1nccc2c1CC=C2C. The zero-order valence-electron chi connectivity index (χ0n) is 8.82. The van der Waals surface area contributed by atoms with Gasteiger partial charge in [0.05, 0.1) is 5.75 Å². The molecule has 0 amide bonds. The Morgan fingerprint density at radius 1 is 1.47 bits per heavy atom. The number of sulfone groups is 1. The van der Waals surface area contributed by atoms with Gasteiger partial charge in [0.25, 0.3) is 0 Å². The van der Waals surface area contributed by atoms with Crippen LogP contribution in [0.5, 0.6) is 0 Å². The van der Waals surface area contributed by atoms with Crippen molar-refractivity contribution in [2.24, 2.45) is 0 Å². The molecule has 0 saturated carbocycles. The summed E-state index contributed by atoms with van der Waals surface area (Å²) in [5.74, 6) is 0.107. The molecule has 2 rings (SSSR count). The van der Waals surface area contributed by atoms with Crippen molar-refractivity contribution in [3.05, 3.63) is 29.5 Å². The molecule has 1 aliphatic carbocycles. The van der Waals surface area contributed by atoms with Crippen LogP contribution in [0.2, 0.25) is 0 Å². The van der Waals surface area contributed by atoms with E-state index in [1.807, 2.05) is 19.1 Å². The number of rotatable bonds is 2. The second-order valence-corrected chi connectivity index (χ2v) is 5.83. The van der Waals surface area contributed by atoms with Crippen molar-refractivity contribution >= 4 is 15.4 Å². The maximum atomic E-state index is 11.8. The molecular formula is C11H13NO2S. The van der Waals surface area contributed by atoms with E-state index in [4.69, 9.17) is 0 Å². The third-order valence-corrected chi connectivity index (χ3v) is 4.43. The van der Waals surface area contributed by atoms with Crippen LogP contribution >= 0.6 is 0 Å². The van der Waals surface area contributed by atoms with Gasteiger partial charge in [0.2, 0.25) is 0 Å². The molecule has 0 aliphatic heterocycles. The van der Waals surface area contributed by atoms with Crippen molar-refractivity contribution in [3.63, 3.8) is 0 Å². The number of hydrogen-bond acceptors (Lipinski definition) is 3. The fraction of sp³-hybridized carbons (Fsp3) is 0.364. The number of aromatic nitrogens is 1. The molecule has 4 heteroatoms.